The maximum atomic E-state index is 3.65. The van der Waals surface area contributed by atoms with Gasteiger partial charge in [-0.1, -0.05) is 43.7 Å². The molecule has 0 radical (unpaired) electrons. The van der Waals surface area contributed by atoms with E-state index in [1.54, 1.807) is 0 Å². The van der Waals surface area contributed by atoms with Crippen LogP contribution in [0.1, 0.15) is 31.7 Å². The predicted octanol–water partition coefficient (Wildman–Crippen LogP) is 2.96. The monoisotopic (exact) mass is 189 g/mol. The van der Waals surface area contributed by atoms with E-state index in [0.717, 1.165) is 18.5 Å². The van der Waals surface area contributed by atoms with Crippen molar-refractivity contribution < 1.29 is 0 Å². The first-order valence-electron chi connectivity index (χ1n) is 5.63. The van der Waals surface area contributed by atoms with Crippen molar-refractivity contribution in [1.82, 2.24) is 5.32 Å². The molecule has 1 heteroatoms. The van der Waals surface area contributed by atoms with Crippen LogP contribution in [0.3, 0.4) is 0 Å². The van der Waals surface area contributed by atoms with Gasteiger partial charge in [-0.2, -0.15) is 0 Å². The molecule has 1 aliphatic rings. The van der Waals surface area contributed by atoms with Crippen molar-refractivity contribution in [2.24, 2.45) is 5.92 Å². The lowest BCUT2D eigenvalue weighted by Gasteiger charge is -2.17. The number of benzene rings is 1. The molecule has 0 amide bonds. The summed E-state index contributed by atoms with van der Waals surface area (Å²) >= 11 is 0. The minimum atomic E-state index is 0.746. The minimum Gasteiger partial charge on any atom is -0.310 e. The van der Waals surface area contributed by atoms with E-state index in [2.05, 4.69) is 42.6 Å². The Balaban J connectivity index is 1.82. The molecule has 14 heavy (non-hydrogen) atoms. The molecule has 2 atom stereocenters. The second-order valence-corrected chi connectivity index (χ2v) is 4.38. The molecule has 0 spiro atoms. The van der Waals surface area contributed by atoms with Crippen molar-refractivity contribution in [2.45, 2.75) is 38.8 Å². The highest BCUT2D eigenvalue weighted by atomic mass is 14.9. The van der Waals surface area contributed by atoms with E-state index in [4.69, 9.17) is 0 Å². The SMILES string of the molecule is C[C@@H]1CCC[C@H]1NCc1ccccc1. The van der Waals surface area contributed by atoms with Crippen molar-refractivity contribution in [1.29, 1.82) is 0 Å². The molecule has 76 valence electrons. The van der Waals surface area contributed by atoms with Crippen LogP contribution >= 0.6 is 0 Å². The van der Waals surface area contributed by atoms with E-state index in [1.807, 2.05) is 0 Å². The lowest BCUT2D eigenvalue weighted by atomic mass is 10.1. The molecule has 1 aliphatic carbocycles. The van der Waals surface area contributed by atoms with Crippen LogP contribution in [0.4, 0.5) is 0 Å². The molecule has 0 aromatic heterocycles. The summed E-state index contributed by atoms with van der Waals surface area (Å²) in [5.41, 5.74) is 1.40. The van der Waals surface area contributed by atoms with Crippen LogP contribution in [0.5, 0.6) is 0 Å². The van der Waals surface area contributed by atoms with Gasteiger partial charge in [0, 0.05) is 12.6 Å². The average molecular weight is 189 g/mol. The van der Waals surface area contributed by atoms with Gasteiger partial charge in [0.15, 0.2) is 0 Å². The van der Waals surface area contributed by atoms with Crippen LogP contribution in [0, 0.1) is 5.92 Å². The van der Waals surface area contributed by atoms with E-state index >= 15 is 0 Å². The highest BCUT2D eigenvalue weighted by Gasteiger charge is 2.22. The zero-order valence-corrected chi connectivity index (χ0v) is 8.87. The summed E-state index contributed by atoms with van der Waals surface area (Å²) < 4.78 is 0. The first-order valence-corrected chi connectivity index (χ1v) is 5.63. The summed E-state index contributed by atoms with van der Waals surface area (Å²) in [6.45, 7) is 3.38. The van der Waals surface area contributed by atoms with E-state index in [-0.39, 0.29) is 0 Å². The fourth-order valence-electron chi connectivity index (χ4n) is 2.29. The van der Waals surface area contributed by atoms with Crippen molar-refractivity contribution in [3.8, 4) is 0 Å². The summed E-state index contributed by atoms with van der Waals surface area (Å²) in [6.07, 6.45) is 4.15. The molecule has 0 unspecified atom stereocenters. The van der Waals surface area contributed by atoms with Crippen molar-refractivity contribution in [3.63, 3.8) is 0 Å². The molecule has 1 saturated carbocycles. The number of hydrogen-bond donors (Lipinski definition) is 1. The summed E-state index contributed by atoms with van der Waals surface area (Å²) in [6, 6.07) is 11.4. The second-order valence-electron chi connectivity index (χ2n) is 4.38. The van der Waals surface area contributed by atoms with Crippen LogP contribution < -0.4 is 5.32 Å². The van der Waals surface area contributed by atoms with E-state index < -0.39 is 0 Å². The third-order valence-corrected chi connectivity index (χ3v) is 3.27. The first-order chi connectivity index (χ1) is 6.86. The van der Waals surface area contributed by atoms with Gasteiger partial charge < -0.3 is 5.32 Å². The van der Waals surface area contributed by atoms with Crippen LogP contribution in [-0.2, 0) is 6.54 Å². The maximum Gasteiger partial charge on any atom is 0.0208 e. The lowest BCUT2D eigenvalue weighted by molar-refractivity contribution is 0.426. The predicted molar refractivity (Wildman–Crippen MR) is 60.1 cm³/mol. The van der Waals surface area contributed by atoms with Gasteiger partial charge >= 0.3 is 0 Å². The molecule has 0 bridgehead atoms. The third-order valence-electron chi connectivity index (χ3n) is 3.27. The molecule has 0 aliphatic heterocycles. The zero-order valence-electron chi connectivity index (χ0n) is 8.87. The van der Waals surface area contributed by atoms with E-state index in [9.17, 15) is 0 Å². The molecular formula is C13H19N. The Hall–Kier alpha value is -0.820. The minimum absolute atomic E-state index is 0.746. The van der Waals surface area contributed by atoms with Crippen LogP contribution in [0.25, 0.3) is 0 Å². The van der Waals surface area contributed by atoms with Gasteiger partial charge in [0.05, 0.1) is 0 Å². The summed E-state index contributed by atoms with van der Waals surface area (Å²) in [4.78, 5) is 0. The average Bonchev–Trinajstić information content (AvgIpc) is 2.63. The van der Waals surface area contributed by atoms with Gasteiger partial charge in [-0.25, -0.2) is 0 Å². The van der Waals surface area contributed by atoms with Gasteiger partial charge in [0.2, 0.25) is 0 Å². The molecule has 1 nitrogen and oxygen atoms in total. The lowest BCUT2D eigenvalue weighted by Crippen LogP contribution is -2.30. The molecule has 1 aromatic carbocycles. The fourth-order valence-corrected chi connectivity index (χ4v) is 2.29. The quantitative estimate of drug-likeness (QED) is 0.771. The van der Waals surface area contributed by atoms with Crippen LogP contribution in [0.2, 0.25) is 0 Å². The number of hydrogen-bond acceptors (Lipinski definition) is 1. The first kappa shape index (κ1) is 9.72. The third kappa shape index (κ3) is 2.36. The summed E-state index contributed by atoms with van der Waals surface area (Å²) in [5, 5.41) is 3.65. The Morgan fingerprint density at radius 3 is 2.64 bits per heavy atom. The fraction of sp³-hybridized carbons (Fsp3) is 0.538. The smallest absolute Gasteiger partial charge is 0.0208 e. The molecular weight excluding hydrogens is 170 g/mol. The number of rotatable bonds is 3. The van der Waals surface area contributed by atoms with Gasteiger partial charge in [0.1, 0.15) is 0 Å². The van der Waals surface area contributed by atoms with Crippen molar-refractivity contribution in [2.75, 3.05) is 0 Å². The molecule has 2 rings (SSSR count). The molecule has 0 saturated heterocycles. The molecule has 1 N–H and O–H groups in total. The normalized spacial score (nSPS) is 26.6. The Morgan fingerprint density at radius 1 is 1.21 bits per heavy atom. The van der Waals surface area contributed by atoms with E-state index in [0.29, 0.717) is 0 Å². The number of nitrogens with one attached hydrogen (secondary N) is 1. The highest BCUT2D eigenvalue weighted by molar-refractivity contribution is 5.14. The van der Waals surface area contributed by atoms with Gasteiger partial charge in [-0.15, -0.1) is 0 Å². The summed E-state index contributed by atoms with van der Waals surface area (Å²) in [5.74, 6) is 0.860. The Bertz CT molecular complexity index is 268. The van der Waals surface area contributed by atoms with Crippen LogP contribution in [0.15, 0.2) is 30.3 Å². The Morgan fingerprint density at radius 2 is 2.00 bits per heavy atom. The van der Waals surface area contributed by atoms with E-state index in [1.165, 1.54) is 24.8 Å². The second kappa shape index (κ2) is 4.61. The largest absolute Gasteiger partial charge is 0.310 e. The Labute approximate surface area is 86.5 Å². The van der Waals surface area contributed by atoms with Crippen molar-refractivity contribution >= 4 is 0 Å². The highest BCUT2D eigenvalue weighted by Crippen LogP contribution is 2.24. The topological polar surface area (TPSA) is 12.0 Å². The summed E-state index contributed by atoms with van der Waals surface area (Å²) in [7, 11) is 0. The Kier molecular flexibility index (Phi) is 3.20. The zero-order chi connectivity index (χ0) is 9.80. The van der Waals surface area contributed by atoms with Crippen LogP contribution in [-0.4, -0.2) is 6.04 Å². The van der Waals surface area contributed by atoms with Gasteiger partial charge in [-0.05, 0) is 24.3 Å². The van der Waals surface area contributed by atoms with Gasteiger partial charge in [-0.3, -0.25) is 0 Å². The molecule has 0 heterocycles. The van der Waals surface area contributed by atoms with Gasteiger partial charge in [0.25, 0.3) is 0 Å². The molecule has 1 fully saturated rings. The molecule has 1 aromatic rings. The maximum absolute atomic E-state index is 3.65. The van der Waals surface area contributed by atoms with Crippen molar-refractivity contribution in [3.05, 3.63) is 35.9 Å². The standard InChI is InChI=1S/C13H19N/c1-11-6-5-9-13(11)14-10-12-7-3-2-4-8-12/h2-4,7-8,11,13-14H,5-6,9-10H2,1H3/t11-,13-/m1/s1.